The monoisotopic (exact) mass is 220 g/mol. The number of hydrogen-bond donors (Lipinski definition) is 1. The second-order valence-corrected chi connectivity index (χ2v) is 4.44. The van der Waals surface area contributed by atoms with Gasteiger partial charge in [0.15, 0.2) is 0 Å². The van der Waals surface area contributed by atoms with E-state index in [0.717, 1.165) is 31.0 Å². The molecule has 0 bridgehead atoms. The first-order valence-electron chi connectivity index (χ1n) is 6.06. The Bertz CT molecular complexity index is 336. The van der Waals surface area contributed by atoms with Crippen molar-refractivity contribution in [2.75, 3.05) is 18.0 Å². The molecular formula is C12H20N4. The zero-order chi connectivity index (χ0) is 11.4. The van der Waals surface area contributed by atoms with Gasteiger partial charge >= 0.3 is 0 Å². The van der Waals surface area contributed by atoms with Gasteiger partial charge in [0.25, 0.3) is 0 Å². The van der Waals surface area contributed by atoms with E-state index >= 15 is 0 Å². The fourth-order valence-corrected chi connectivity index (χ4v) is 2.04. The molecule has 1 aliphatic rings. The second-order valence-electron chi connectivity index (χ2n) is 4.44. The molecule has 0 amide bonds. The summed E-state index contributed by atoms with van der Waals surface area (Å²) in [6.07, 6.45) is 6.59. The highest BCUT2D eigenvalue weighted by Crippen LogP contribution is 2.28. The van der Waals surface area contributed by atoms with Crippen molar-refractivity contribution in [3.63, 3.8) is 0 Å². The maximum atomic E-state index is 5.58. The molecule has 0 radical (unpaired) electrons. The first-order chi connectivity index (χ1) is 7.81. The number of rotatable bonds is 5. The van der Waals surface area contributed by atoms with Crippen LogP contribution >= 0.6 is 0 Å². The van der Waals surface area contributed by atoms with Gasteiger partial charge in [0, 0.05) is 24.3 Å². The van der Waals surface area contributed by atoms with E-state index in [2.05, 4.69) is 20.9 Å². The van der Waals surface area contributed by atoms with Crippen LogP contribution in [0.15, 0.2) is 12.4 Å². The molecule has 1 fully saturated rings. The Morgan fingerprint density at radius 2 is 2.25 bits per heavy atom. The molecule has 1 aromatic heterocycles. The summed E-state index contributed by atoms with van der Waals surface area (Å²) in [5, 5.41) is 0. The van der Waals surface area contributed by atoms with Gasteiger partial charge < -0.3 is 10.6 Å². The maximum Gasteiger partial charge on any atom is 0.132 e. The van der Waals surface area contributed by atoms with Crippen molar-refractivity contribution in [1.29, 1.82) is 0 Å². The maximum absolute atomic E-state index is 5.58. The van der Waals surface area contributed by atoms with E-state index in [4.69, 9.17) is 5.73 Å². The summed E-state index contributed by atoms with van der Waals surface area (Å²) < 4.78 is 0. The van der Waals surface area contributed by atoms with E-state index in [1.807, 2.05) is 6.92 Å². The lowest BCUT2D eigenvalue weighted by molar-refractivity contribution is 0.382. The fraction of sp³-hybridized carbons (Fsp3) is 0.667. The molecule has 1 aromatic rings. The van der Waals surface area contributed by atoms with Crippen LogP contribution in [-0.2, 0) is 0 Å². The van der Waals surface area contributed by atoms with E-state index in [9.17, 15) is 0 Å². The third-order valence-electron chi connectivity index (χ3n) is 3.20. The van der Waals surface area contributed by atoms with Crippen molar-refractivity contribution in [2.24, 2.45) is 5.73 Å². The smallest absolute Gasteiger partial charge is 0.132 e. The topological polar surface area (TPSA) is 55.0 Å². The van der Waals surface area contributed by atoms with Crippen molar-refractivity contribution in [2.45, 2.75) is 38.6 Å². The molecule has 0 unspecified atom stereocenters. The van der Waals surface area contributed by atoms with Gasteiger partial charge in [0.2, 0.25) is 0 Å². The van der Waals surface area contributed by atoms with Gasteiger partial charge in [-0.15, -0.1) is 0 Å². The van der Waals surface area contributed by atoms with Crippen LogP contribution in [0, 0.1) is 6.92 Å². The minimum absolute atomic E-state index is 0.667. The minimum Gasteiger partial charge on any atom is -0.353 e. The predicted octanol–water partition coefficient (Wildman–Crippen LogP) is 1.49. The summed E-state index contributed by atoms with van der Waals surface area (Å²) in [5.74, 6) is 1.06. The molecule has 1 aliphatic carbocycles. The third kappa shape index (κ3) is 2.50. The largest absolute Gasteiger partial charge is 0.353 e. The van der Waals surface area contributed by atoms with Crippen LogP contribution < -0.4 is 10.6 Å². The van der Waals surface area contributed by atoms with E-state index in [0.29, 0.717) is 6.04 Å². The van der Waals surface area contributed by atoms with Crippen molar-refractivity contribution in [3.05, 3.63) is 18.1 Å². The summed E-state index contributed by atoms with van der Waals surface area (Å²) >= 11 is 0. The molecular weight excluding hydrogens is 200 g/mol. The van der Waals surface area contributed by atoms with Crippen molar-refractivity contribution in [1.82, 2.24) is 9.97 Å². The molecule has 16 heavy (non-hydrogen) atoms. The Balaban J connectivity index is 2.10. The van der Waals surface area contributed by atoms with Gasteiger partial charge in [-0.2, -0.15) is 0 Å². The number of anilines is 1. The van der Waals surface area contributed by atoms with Gasteiger partial charge in [-0.05, 0) is 39.2 Å². The summed E-state index contributed by atoms with van der Waals surface area (Å²) in [4.78, 5) is 10.9. The number of nitrogens with two attached hydrogens (primary N) is 1. The lowest BCUT2D eigenvalue weighted by Crippen LogP contribution is -2.42. The zero-order valence-corrected chi connectivity index (χ0v) is 9.89. The molecule has 1 saturated carbocycles. The minimum atomic E-state index is 0.667. The van der Waals surface area contributed by atoms with E-state index in [1.165, 1.54) is 19.3 Å². The summed E-state index contributed by atoms with van der Waals surface area (Å²) in [6.45, 7) is 3.76. The van der Waals surface area contributed by atoms with Crippen LogP contribution in [0.5, 0.6) is 0 Å². The van der Waals surface area contributed by atoms with Crippen LogP contribution in [0.3, 0.4) is 0 Å². The second kappa shape index (κ2) is 5.25. The van der Waals surface area contributed by atoms with Gasteiger partial charge in [-0.3, -0.25) is 0 Å². The Hall–Kier alpha value is -1.16. The Kier molecular flexibility index (Phi) is 3.72. The summed E-state index contributed by atoms with van der Waals surface area (Å²) in [6, 6.07) is 2.73. The lowest BCUT2D eigenvalue weighted by Gasteiger charge is -2.38. The molecule has 0 saturated heterocycles. The molecule has 0 aromatic carbocycles. The highest BCUT2D eigenvalue weighted by atomic mass is 15.2. The predicted molar refractivity (Wildman–Crippen MR) is 65.4 cm³/mol. The van der Waals surface area contributed by atoms with E-state index in [1.54, 1.807) is 6.33 Å². The SMILES string of the molecule is Cc1cc(N(CCCN)C2CCC2)ncn1. The lowest BCUT2D eigenvalue weighted by atomic mass is 9.91. The molecule has 88 valence electrons. The van der Waals surface area contributed by atoms with Gasteiger partial charge in [-0.25, -0.2) is 9.97 Å². The highest BCUT2D eigenvalue weighted by Gasteiger charge is 2.25. The number of hydrogen-bond acceptors (Lipinski definition) is 4. The van der Waals surface area contributed by atoms with Crippen molar-refractivity contribution >= 4 is 5.82 Å². The van der Waals surface area contributed by atoms with Crippen LogP contribution in [-0.4, -0.2) is 29.1 Å². The quantitative estimate of drug-likeness (QED) is 0.817. The van der Waals surface area contributed by atoms with Gasteiger partial charge in [0.1, 0.15) is 12.1 Å². The van der Waals surface area contributed by atoms with Crippen LogP contribution in [0.2, 0.25) is 0 Å². The normalized spacial score (nSPS) is 15.9. The Morgan fingerprint density at radius 1 is 1.44 bits per heavy atom. The van der Waals surface area contributed by atoms with Crippen LogP contribution in [0.4, 0.5) is 5.82 Å². The van der Waals surface area contributed by atoms with E-state index in [-0.39, 0.29) is 0 Å². The number of aromatic nitrogens is 2. The number of nitrogens with zero attached hydrogens (tertiary/aromatic N) is 3. The standard InChI is InChI=1S/C12H20N4/c1-10-8-12(15-9-14-10)16(7-3-6-13)11-4-2-5-11/h8-9,11H,2-7,13H2,1H3. The molecule has 4 heteroatoms. The zero-order valence-electron chi connectivity index (χ0n) is 9.89. The van der Waals surface area contributed by atoms with Crippen molar-refractivity contribution < 1.29 is 0 Å². The Morgan fingerprint density at radius 3 is 2.81 bits per heavy atom. The average molecular weight is 220 g/mol. The molecule has 0 atom stereocenters. The fourth-order valence-electron chi connectivity index (χ4n) is 2.04. The molecule has 0 aliphatic heterocycles. The van der Waals surface area contributed by atoms with Gasteiger partial charge in [0.05, 0.1) is 0 Å². The van der Waals surface area contributed by atoms with Crippen LogP contribution in [0.25, 0.3) is 0 Å². The molecule has 0 spiro atoms. The molecule has 1 heterocycles. The van der Waals surface area contributed by atoms with Crippen molar-refractivity contribution in [3.8, 4) is 0 Å². The Labute approximate surface area is 96.9 Å². The summed E-state index contributed by atoms with van der Waals surface area (Å²) in [7, 11) is 0. The molecule has 2 N–H and O–H groups in total. The summed E-state index contributed by atoms with van der Waals surface area (Å²) in [5.41, 5.74) is 6.61. The molecule has 4 nitrogen and oxygen atoms in total. The third-order valence-corrected chi connectivity index (χ3v) is 3.20. The average Bonchev–Trinajstić information content (AvgIpc) is 2.21. The number of aryl methyl sites for hydroxylation is 1. The van der Waals surface area contributed by atoms with Crippen LogP contribution in [0.1, 0.15) is 31.4 Å². The van der Waals surface area contributed by atoms with E-state index < -0.39 is 0 Å². The van der Waals surface area contributed by atoms with Gasteiger partial charge in [-0.1, -0.05) is 0 Å². The highest BCUT2D eigenvalue weighted by molar-refractivity contribution is 5.40. The first kappa shape index (κ1) is 11.3. The first-order valence-corrected chi connectivity index (χ1v) is 6.06. The molecule has 2 rings (SSSR count).